The average Bonchev–Trinajstić information content (AvgIpc) is 3.25. The van der Waals surface area contributed by atoms with Gasteiger partial charge >= 0.3 is 11.5 Å². The maximum absolute atomic E-state index is 14.2. The van der Waals surface area contributed by atoms with Crippen molar-refractivity contribution in [3.8, 4) is 0 Å². The SMILES string of the molecule is CC(C)(C)OC(=O)NC(CC(=O)N1CCC2CN(C(=O)Cl)CC21)Cc1cc(F)c(F)cc1F. The molecule has 33 heavy (non-hydrogen) atoms. The molecule has 0 saturated carbocycles. The molecule has 3 amide bonds. The van der Waals surface area contributed by atoms with Crippen LogP contribution >= 0.6 is 11.6 Å². The molecule has 7 nitrogen and oxygen atoms in total. The summed E-state index contributed by atoms with van der Waals surface area (Å²) < 4.78 is 46.5. The standard InChI is InChI=1S/C22H27ClF3N3O4/c1-22(2,3)33-21(32)27-14(6-13-7-16(25)17(26)9-15(13)24)8-19(30)29-5-4-12-10-28(20(23)31)11-18(12)29/h7,9,12,14,18H,4-6,8,10-11H2,1-3H3,(H,27,32). The van der Waals surface area contributed by atoms with Crippen LogP contribution in [0.25, 0.3) is 0 Å². The van der Waals surface area contributed by atoms with Gasteiger partial charge in [0.15, 0.2) is 11.6 Å². The number of hydrogen-bond donors (Lipinski definition) is 1. The lowest BCUT2D eigenvalue weighted by molar-refractivity contribution is -0.132. The Labute approximate surface area is 195 Å². The molecule has 1 aromatic rings. The summed E-state index contributed by atoms with van der Waals surface area (Å²) in [7, 11) is 0. The Bertz CT molecular complexity index is 940. The molecule has 0 radical (unpaired) electrons. The number of rotatable bonds is 5. The third kappa shape index (κ3) is 6.31. The highest BCUT2D eigenvalue weighted by Crippen LogP contribution is 2.32. The highest BCUT2D eigenvalue weighted by Gasteiger charge is 2.44. The van der Waals surface area contributed by atoms with Crippen LogP contribution in [0.1, 0.15) is 39.2 Å². The fourth-order valence-corrected chi connectivity index (χ4v) is 4.51. The van der Waals surface area contributed by atoms with Gasteiger partial charge in [-0.15, -0.1) is 0 Å². The Hall–Kier alpha value is -2.49. The molecule has 182 valence electrons. The fourth-order valence-electron chi connectivity index (χ4n) is 4.38. The van der Waals surface area contributed by atoms with Crippen molar-refractivity contribution in [3.05, 3.63) is 35.1 Å². The van der Waals surface area contributed by atoms with Gasteiger partial charge in [-0.2, -0.15) is 0 Å². The highest BCUT2D eigenvalue weighted by atomic mass is 35.5. The van der Waals surface area contributed by atoms with Gasteiger partial charge in [-0.3, -0.25) is 9.59 Å². The van der Waals surface area contributed by atoms with Crippen LogP contribution in [-0.2, 0) is 16.0 Å². The Kier molecular flexibility index (Phi) is 7.45. The van der Waals surface area contributed by atoms with E-state index in [1.54, 1.807) is 25.7 Å². The monoisotopic (exact) mass is 489 g/mol. The first kappa shape index (κ1) is 25.1. The molecule has 3 atom stereocenters. The number of nitrogens with one attached hydrogen (secondary N) is 1. The smallest absolute Gasteiger partial charge is 0.407 e. The zero-order valence-corrected chi connectivity index (χ0v) is 19.4. The zero-order chi connectivity index (χ0) is 24.5. The molecule has 0 aromatic heterocycles. The van der Waals surface area contributed by atoms with Crippen LogP contribution in [-0.4, -0.2) is 64.5 Å². The number of nitrogens with zero attached hydrogens (tertiary/aromatic N) is 2. The predicted octanol–water partition coefficient (Wildman–Crippen LogP) is 3.82. The van der Waals surface area contributed by atoms with Gasteiger partial charge in [-0.1, -0.05) is 0 Å². The van der Waals surface area contributed by atoms with Crippen LogP contribution in [0.15, 0.2) is 12.1 Å². The van der Waals surface area contributed by atoms with E-state index in [1.807, 2.05) is 0 Å². The summed E-state index contributed by atoms with van der Waals surface area (Å²) in [4.78, 5) is 40.0. The molecule has 1 aromatic carbocycles. The summed E-state index contributed by atoms with van der Waals surface area (Å²) in [5.74, 6) is -3.74. The summed E-state index contributed by atoms with van der Waals surface area (Å²) >= 11 is 5.58. The molecular weight excluding hydrogens is 463 g/mol. The third-order valence-electron chi connectivity index (χ3n) is 5.81. The van der Waals surface area contributed by atoms with Gasteiger partial charge < -0.3 is 19.9 Å². The van der Waals surface area contributed by atoms with E-state index in [0.717, 1.165) is 0 Å². The molecule has 2 heterocycles. The van der Waals surface area contributed by atoms with E-state index in [2.05, 4.69) is 5.32 Å². The summed E-state index contributed by atoms with van der Waals surface area (Å²) in [6.07, 6.45) is -0.570. The van der Waals surface area contributed by atoms with E-state index in [9.17, 15) is 27.6 Å². The number of benzene rings is 1. The van der Waals surface area contributed by atoms with Crippen LogP contribution in [0.5, 0.6) is 0 Å². The number of halogens is 4. The molecule has 2 fully saturated rings. The van der Waals surface area contributed by atoms with E-state index >= 15 is 0 Å². The number of carbonyl (C=O) groups excluding carboxylic acids is 3. The largest absolute Gasteiger partial charge is 0.444 e. The molecule has 3 rings (SSSR count). The van der Waals surface area contributed by atoms with Crippen LogP contribution in [0.3, 0.4) is 0 Å². The van der Waals surface area contributed by atoms with Crippen molar-refractivity contribution in [1.29, 1.82) is 0 Å². The summed E-state index contributed by atoms with van der Waals surface area (Å²) in [6, 6.07) is 0.0182. The summed E-state index contributed by atoms with van der Waals surface area (Å²) in [5.41, 5.74) is -0.989. The quantitative estimate of drug-likeness (QED) is 0.387. The van der Waals surface area contributed by atoms with Gasteiger partial charge in [0.25, 0.3) is 0 Å². The van der Waals surface area contributed by atoms with Crippen molar-refractivity contribution >= 4 is 29.0 Å². The lowest BCUT2D eigenvalue weighted by atomic mass is 10.0. The maximum atomic E-state index is 14.2. The summed E-state index contributed by atoms with van der Waals surface area (Å²) in [6.45, 7) is 6.26. The number of carbonyl (C=O) groups is 3. The van der Waals surface area contributed by atoms with E-state index in [0.29, 0.717) is 38.2 Å². The molecular formula is C22H27ClF3N3O4. The first-order valence-electron chi connectivity index (χ1n) is 10.7. The second-order valence-corrected chi connectivity index (χ2v) is 9.79. The van der Waals surface area contributed by atoms with Crippen LogP contribution in [0.4, 0.5) is 22.8 Å². The topological polar surface area (TPSA) is 79.0 Å². The van der Waals surface area contributed by atoms with Gasteiger partial charge in [0.1, 0.15) is 11.4 Å². The minimum absolute atomic E-state index is 0.109. The average molecular weight is 490 g/mol. The van der Waals surface area contributed by atoms with Gasteiger partial charge in [0, 0.05) is 44.1 Å². The van der Waals surface area contributed by atoms with E-state index in [-0.39, 0.29) is 36.3 Å². The molecule has 3 unspecified atom stereocenters. The minimum Gasteiger partial charge on any atom is -0.444 e. The van der Waals surface area contributed by atoms with Gasteiger partial charge in [-0.25, -0.2) is 18.0 Å². The van der Waals surface area contributed by atoms with Gasteiger partial charge in [0.05, 0.1) is 6.04 Å². The lowest BCUT2D eigenvalue weighted by Gasteiger charge is -2.28. The number of hydrogen-bond acceptors (Lipinski definition) is 4. The maximum Gasteiger partial charge on any atom is 0.407 e. The first-order chi connectivity index (χ1) is 15.3. The summed E-state index contributed by atoms with van der Waals surface area (Å²) in [5, 5.41) is 1.97. The molecule has 11 heteroatoms. The number of fused-ring (bicyclic) bond motifs is 1. The van der Waals surface area contributed by atoms with E-state index in [1.165, 1.54) is 4.90 Å². The molecule has 1 N–H and O–H groups in total. The Morgan fingerprint density at radius 3 is 2.45 bits per heavy atom. The lowest BCUT2D eigenvalue weighted by Crippen LogP contribution is -2.46. The molecule has 0 aliphatic carbocycles. The Balaban J connectivity index is 1.75. The Morgan fingerprint density at radius 2 is 1.82 bits per heavy atom. The molecule has 2 saturated heterocycles. The van der Waals surface area contributed by atoms with Crippen molar-refractivity contribution in [3.63, 3.8) is 0 Å². The van der Waals surface area contributed by atoms with Crippen molar-refractivity contribution in [2.24, 2.45) is 5.92 Å². The fraction of sp³-hybridized carbons (Fsp3) is 0.591. The molecule has 0 bridgehead atoms. The highest BCUT2D eigenvalue weighted by molar-refractivity contribution is 6.62. The second-order valence-electron chi connectivity index (χ2n) is 9.47. The third-order valence-corrected chi connectivity index (χ3v) is 6.05. The number of likely N-dealkylation sites (tertiary alicyclic amines) is 2. The van der Waals surface area contributed by atoms with Crippen molar-refractivity contribution in [2.75, 3.05) is 19.6 Å². The zero-order valence-electron chi connectivity index (χ0n) is 18.7. The number of ether oxygens (including phenoxy) is 1. The van der Waals surface area contributed by atoms with Crippen molar-refractivity contribution in [1.82, 2.24) is 15.1 Å². The molecule has 2 aliphatic heterocycles. The predicted molar refractivity (Wildman–Crippen MR) is 114 cm³/mol. The van der Waals surface area contributed by atoms with Crippen LogP contribution in [0.2, 0.25) is 0 Å². The van der Waals surface area contributed by atoms with E-state index < -0.39 is 40.6 Å². The number of alkyl carbamates (subject to hydrolysis) is 1. The minimum atomic E-state index is -1.33. The molecule has 0 spiro atoms. The first-order valence-corrected chi connectivity index (χ1v) is 11.1. The van der Waals surface area contributed by atoms with Crippen LogP contribution < -0.4 is 5.32 Å². The second kappa shape index (κ2) is 9.79. The van der Waals surface area contributed by atoms with Crippen LogP contribution in [0, 0.1) is 23.4 Å². The Morgan fingerprint density at radius 1 is 1.15 bits per heavy atom. The van der Waals surface area contributed by atoms with Crippen molar-refractivity contribution < 1.29 is 32.3 Å². The van der Waals surface area contributed by atoms with Crippen molar-refractivity contribution in [2.45, 2.75) is 57.7 Å². The van der Waals surface area contributed by atoms with Gasteiger partial charge in [0.2, 0.25) is 5.91 Å². The molecule has 2 aliphatic rings. The normalized spacial score (nSPS) is 21.1. The van der Waals surface area contributed by atoms with E-state index in [4.69, 9.17) is 16.3 Å². The van der Waals surface area contributed by atoms with Gasteiger partial charge in [-0.05, 0) is 56.8 Å². The number of amides is 3.